The average Bonchev–Trinajstić information content (AvgIpc) is 2.72. The van der Waals surface area contributed by atoms with E-state index in [1.165, 1.54) is 71.2 Å². The summed E-state index contributed by atoms with van der Waals surface area (Å²) in [5.41, 5.74) is 0. The van der Waals surface area contributed by atoms with Crippen LogP contribution in [0.1, 0.15) is 52.4 Å². The van der Waals surface area contributed by atoms with Crippen molar-refractivity contribution >= 4 is 0 Å². The van der Waals surface area contributed by atoms with Crippen molar-refractivity contribution in [2.24, 2.45) is 5.92 Å². The van der Waals surface area contributed by atoms with Gasteiger partial charge in [-0.15, -0.1) is 0 Å². The Morgan fingerprint density at radius 2 is 1.75 bits per heavy atom. The van der Waals surface area contributed by atoms with E-state index >= 15 is 0 Å². The number of hydrogen-bond acceptors (Lipinski definition) is 3. The van der Waals surface area contributed by atoms with Crippen LogP contribution >= 0.6 is 0 Å². The third-order valence-electron chi connectivity index (χ3n) is 5.64. The normalized spacial score (nSPS) is 31.9. The predicted molar refractivity (Wildman–Crippen MR) is 87.2 cm³/mol. The summed E-state index contributed by atoms with van der Waals surface area (Å²) in [5, 5.41) is 3.58. The highest BCUT2D eigenvalue weighted by molar-refractivity contribution is 4.83. The molecule has 0 bridgehead atoms. The van der Waals surface area contributed by atoms with E-state index in [4.69, 9.17) is 0 Å². The van der Waals surface area contributed by atoms with Gasteiger partial charge in [0.05, 0.1) is 0 Å². The monoisotopic (exact) mass is 281 g/mol. The van der Waals surface area contributed by atoms with Crippen LogP contribution in [0.25, 0.3) is 0 Å². The lowest BCUT2D eigenvalue weighted by Crippen LogP contribution is -2.51. The Morgan fingerprint density at radius 1 is 1.05 bits per heavy atom. The van der Waals surface area contributed by atoms with Gasteiger partial charge in [-0.25, -0.2) is 0 Å². The fraction of sp³-hybridized carbons (Fsp3) is 1.00. The molecule has 118 valence electrons. The fourth-order valence-electron chi connectivity index (χ4n) is 3.96. The summed E-state index contributed by atoms with van der Waals surface area (Å²) in [7, 11) is 2.16. The van der Waals surface area contributed by atoms with E-state index in [2.05, 4.69) is 36.0 Å². The van der Waals surface area contributed by atoms with Crippen molar-refractivity contribution in [3.63, 3.8) is 0 Å². The van der Waals surface area contributed by atoms with E-state index in [9.17, 15) is 0 Å². The third kappa shape index (κ3) is 4.44. The van der Waals surface area contributed by atoms with Gasteiger partial charge in [0.15, 0.2) is 0 Å². The lowest BCUT2D eigenvalue weighted by molar-refractivity contribution is 0.0837. The molecule has 0 radical (unpaired) electrons. The molecule has 0 aromatic rings. The van der Waals surface area contributed by atoms with Crippen molar-refractivity contribution in [1.29, 1.82) is 0 Å². The molecule has 1 saturated heterocycles. The van der Waals surface area contributed by atoms with E-state index in [1.54, 1.807) is 0 Å². The molecule has 2 rings (SSSR count). The molecule has 20 heavy (non-hydrogen) atoms. The molecule has 0 amide bonds. The molecule has 1 aliphatic heterocycles. The summed E-state index contributed by atoms with van der Waals surface area (Å²) in [5.74, 6) is 0.873. The Morgan fingerprint density at radius 3 is 2.40 bits per heavy atom. The summed E-state index contributed by atoms with van der Waals surface area (Å²) in [6.07, 6.45) is 8.39. The Bertz CT molecular complexity index is 261. The highest BCUT2D eigenvalue weighted by atomic mass is 15.3. The van der Waals surface area contributed by atoms with Crippen LogP contribution < -0.4 is 5.32 Å². The van der Waals surface area contributed by atoms with Crippen molar-refractivity contribution in [1.82, 2.24) is 15.1 Å². The third-order valence-corrected chi connectivity index (χ3v) is 5.64. The molecular weight excluding hydrogens is 246 g/mol. The SMILES string of the molecule is CCC(C)N1CCN(CC2CCCCCC2NC)CC1. The number of nitrogens with one attached hydrogen (secondary N) is 1. The Hall–Kier alpha value is -0.120. The van der Waals surface area contributed by atoms with Crippen LogP contribution in [-0.2, 0) is 0 Å². The van der Waals surface area contributed by atoms with E-state index in [-0.39, 0.29) is 0 Å². The molecule has 1 aliphatic carbocycles. The molecule has 1 N–H and O–H groups in total. The first-order valence-corrected chi connectivity index (χ1v) is 8.88. The Balaban J connectivity index is 1.78. The largest absolute Gasteiger partial charge is 0.317 e. The van der Waals surface area contributed by atoms with Crippen LogP contribution in [0.3, 0.4) is 0 Å². The quantitative estimate of drug-likeness (QED) is 0.781. The summed E-state index contributed by atoms with van der Waals surface area (Å²) in [6, 6.07) is 1.52. The number of rotatable bonds is 5. The first-order valence-electron chi connectivity index (χ1n) is 8.88. The zero-order valence-electron chi connectivity index (χ0n) is 13.9. The van der Waals surface area contributed by atoms with Crippen molar-refractivity contribution in [3.8, 4) is 0 Å². The van der Waals surface area contributed by atoms with Crippen LogP contribution in [0.4, 0.5) is 0 Å². The molecule has 3 atom stereocenters. The summed E-state index contributed by atoms with van der Waals surface area (Å²) >= 11 is 0. The molecule has 3 nitrogen and oxygen atoms in total. The smallest absolute Gasteiger partial charge is 0.0113 e. The minimum Gasteiger partial charge on any atom is -0.317 e. The van der Waals surface area contributed by atoms with Crippen LogP contribution in [0, 0.1) is 5.92 Å². The number of hydrogen-bond donors (Lipinski definition) is 1. The second-order valence-electron chi connectivity index (χ2n) is 6.89. The predicted octanol–water partition coefficient (Wildman–Crippen LogP) is 2.57. The van der Waals surface area contributed by atoms with Gasteiger partial charge in [-0.2, -0.15) is 0 Å². The maximum absolute atomic E-state index is 3.58. The highest BCUT2D eigenvalue weighted by Gasteiger charge is 2.27. The van der Waals surface area contributed by atoms with Gasteiger partial charge in [0.2, 0.25) is 0 Å². The lowest BCUT2D eigenvalue weighted by atomic mass is 9.94. The van der Waals surface area contributed by atoms with Crippen molar-refractivity contribution in [3.05, 3.63) is 0 Å². The zero-order valence-corrected chi connectivity index (χ0v) is 13.9. The second-order valence-corrected chi connectivity index (χ2v) is 6.89. The Labute approximate surface area is 126 Å². The standard InChI is InChI=1S/C17H35N3/c1-4-15(2)20-12-10-19(11-13-20)14-16-8-6-5-7-9-17(16)18-3/h15-18H,4-14H2,1-3H3. The molecule has 3 heteroatoms. The van der Waals surface area contributed by atoms with Gasteiger partial charge in [-0.3, -0.25) is 4.90 Å². The molecule has 1 saturated carbocycles. The maximum atomic E-state index is 3.58. The second kappa shape index (κ2) is 8.35. The van der Waals surface area contributed by atoms with Crippen LogP contribution in [0.5, 0.6) is 0 Å². The van der Waals surface area contributed by atoms with Crippen molar-refractivity contribution in [2.75, 3.05) is 39.8 Å². The van der Waals surface area contributed by atoms with E-state index in [1.807, 2.05) is 0 Å². The highest BCUT2D eigenvalue weighted by Crippen LogP contribution is 2.24. The first-order chi connectivity index (χ1) is 9.74. The van der Waals surface area contributed by atoms with Crippen LogP contribution in [-0.4, -0.2) is 61.7 Å². The Kier molecular flexibility index (Phi) is 6.79. The van der Waals surface area contributed by atoms with E-state index < -0.39 is 0 Å². The van der Waals surface area contributed by atoms with Crippen molar-refractivity contribution < 1.29 is 0 Å². The van der Waals surface area contributed by atoms with Gasteiger partial charge in [-0.05, 0) is 39.2 Å². The zero-order chi connectivity index (χ0) is 14.4. The minimum absolute atomic E-state index is 0.755. The minimum atomic E-state index is 0.755. The van der Waals surface area contributed by atoms with Gasteiger partial charge in [0.1, 0.15) is 0 Å². The number of nitrogens with zero attached hydrogens (tertiary/aromatic N) is 2. The van der Waals surface area contributed by atoms with Crippen molar-refractivity contribution in [2.45, 2.75) is 64.5 Å². The molecule has 2 aliphatic rings. The molecule has 0 spiro atoms. The fourth-order valence-corrected chi connectivity index (χ4v) is 3.96. The first kappa shape index (κ1) is 16.3. The molecule has 2 fully saturated rings. The van der Waals surface area contributed by atoms with Gasteiger partial charge >= 0.3 is 0 Å². The van der Waals surface area contributed by atoms with Crippen LogP contribution in [0.15, 0.2) is 0 Å². The summed E-state index contributed by atoms with van der Waals surface area (Å²) in [6.45, 7) is 11.1. The van der Waals surface area contributed by atoms with Gasteiger partial charge in [0.25, 0.3) is 0 Å². The van der Waals surface area contributed by atoms with Gasteiger partial charge in [-0.1, -0.05) is 26.2 Å². The topological polar surface area (TPSA) is 18.5 Å². The number of piperazine rings is 1. The molecule has 1 heterocycles. The summed E-state index contributed by atoms with van der Waals surface area (Å²) in [4.78, 5) is 5.39. The van der Waals surface area contributed by atoms with E-state index in [0.717, 1.165) is 18.0 Å². The van der Waals surface area contributed by atoms with E-state index in [0.29, 0.717) is 0 Å². The molecule has 3 unspecified atom stereocenters. The van der Waals surface area contributed by atoms with Gasteiger partial charge < -0.3 is 10.2 Å². The summed E-state index contributed by atoms with van der Waals surface area (Å²) < 4.78 is 0. The molecular formula is C17H35N3. The maximum Gasteiger partial charge on any atom is 0.0113 e. The van der Waals surface area contributed by atoms with Gasteiger partial charge in [0, 0.05) is 44.8 Å². The lowest BCUT2D eigenvalue weighted by Gasteiger charge is -2.40. The molecule has 0 aromatic heterocycles. The molecule has 0 aromatic carbocycles. The van der Waals surface area contributed by atoms with Crippen LogP contribution in [0.2, 0.25) is 0 Å². The average molecular weight is 281 g/mol.